The molecule has 0 spiro atoms. The third-order valence-electron chi connectivity index (χ3n) is 4.51. The van der Waals surface area contributed by atoms with Crippen LogP contribution < -0.4 is 0 Å². The van der Waals surface area contributed by atoms with Crippen LogP contribution in [-0.4, -0.2) is 65.9 Å². The first kappa shape index (κ1) is 19.9. The summed E-state index contributed by atoms with van der Waals surface area (Å²) in [7, 11) is -3.10. The maximum atomic E-state index is 12.3. The fourth-order valence-corrected chi connectivity index (χ4v) is 4.86. The molecule has 0 unspecified atom stereocenters. The van der Waals surface area contributed by atoms with E-state index in [1.54, 1.807) is 6.92 Å². The molecule has 1 saturated heterocycles. The molecule has 2 heterocycles. The number of aromatic nitrogens is 2. The van der Waals surface area contributed by atoms with Gasteiger partial charge in [-0.2, -0.15) is 0 Å². The number of likely N-dealkylation sites (N-methyl/N-ethyl adjacent to an activating group) is 1. The van der Waals surface area contributed by atoms with Crippen LogP contribution in [0.1, 0.15) is 19.0 Å². The van der Waals surface area contributed by atoms with E-state index in [4.69, 9.17) is 4.74 Å². The van der Waals surface area contributed by atoms with E-state index in [1.807, 2.05) is 24.3 Å². The monoisotopic (exact) mass is 403 g/mol. The normalized spacial score (nSPS) is 18.4. The third kappa shape index (κ3) is 4.92. The van der Waals surface area contributed by atoms with Gasteiger partial charge in [-0.3, -0.25) is 9.78 Å². The summed E-state index contributed by atoms with van der Waals surface area (Å²) < 4.78 is 28.2. The molecule has 1 aromatic heterocycles. The van der Waals surface area contributed by atoms with Gasteiger partial charge in [0.2, 0.25) is 0 Å². The van der Waals surface area contributed by atoms with Gasteiger partial charge in [0.1, 0.15) is 0 Å². The van der Waals surface area contributed by atoms with E-state index in [0.717, 1.165) is 5.52 Å². The highest BCUT2D eigenvalue weighted by atomic mass is 32.2. The summed E-state index contributed by atoms with van der Waals surface area (Å²) in [5, 5.41) is 0. The lowest BCUT2D eigenvalue weighted by molar-refractivity contribution is -0.149. The minimum atomic E-state index is -3.10. The second-order valence-electron chi connectivity index (χ2n) is 6.46. The van der Waals surface area contributed by atoms with E-state index in [0.29, 0.717) is 24.2 Å². The van der Waals surface area contributed by atoms with E-state index >= 15 is 0 Å². The molecule has 0 bridgehead atoms. The molecule has 1 fully saturated rings. The average Bonchev–Trinajstić information content (AvgIpc) is 3.04. The molecule has 2 aromatic rings. The van der Waals surface area contributed by atoms with E-state index in [1.165, 1.54) is 23.2 Å². The number of esters is 1. The van der Waals surface area contributed by atoms with E-state index in [9.17, 15) is 18.0 Å². The van der Waals surface area contributed by atoms with Gasteiger partial charge >= 0.3 is 5.97 Å². The average molecular weight is 403 g/mol. The quantitative estimate of drug-likeness (QED) is 0.527. The van der Waals surface area contributed by atoms with Crippen molar-refractivity contribution in [2.24, 2.45) is 0 Å². The number of hydrogen-bond donors (Lipinski definition) is 0. The minimum absolute atomic E-state index is 0.0406. The zero-order chi connectivity index (χ0) is 20.1. The fourth-order valence-electron chi connectivity index (χ4n) is 3.13. The van der Waals surface area contributed by atoms with Crippen LogP contribution >= 0.6 is 0 Å². The summed E-state index contributed by atoms with van der Waals surface area (Å²) in [5.74, 6) is -1.05. The first-order valence-electron chi connectivity index (χ1n) is 8.94. The number of rotatable bonds is 6. The van der Waals surface area contributed by atoms with Crippen LogP contribution in [-0.2, 0) is 24.2 Å². The van der Waals surface area contributed by atoms with Crippen LogP contribution in [0.5, 0.6) is 0 Å². The van der Waals surface area contributed by atoms with Crippen molar-refractivity contribution in [2.45, 2.75) is 19.4 Å². The van der Waals surface area contributed by atoms with Gasteiger partial charge in [0.25, 0.3) is 5.91 Å². The Labute approximate surface area is 163 Å². The zero-order valence-corrected chi connectivity index (χ0v) is 16.3. The summed E-state index contributed by atoms with van der Waals surface area (Å²) in [6, 6.07) is 7.01. The van der Waals surface area contributed by atoms with Crippen molar-refractivity contribution in [2.75, 3.05) is 24.7 Å². The molecular weight excluding hydrogens is 382 g/mol. The van der Waals surface area contributed by atoms with Gasteiger partial charge in [-0.1, -0.05) is 12.1 Å². The molecule has 1 aliphatic rings. The predicted molar refractivity (Wildman–Crippen MR) is 104 cm³/mol. The van der Waals surface area contributed by atoms with Crippen molar-refractivity contribution in [3.05, 3.63) is 42.2 Å². The molecule has 28 heavy (non-hydrogen) atoms. The Hall–Kier alpha value is -2.81. The van der Waals surface area contributed by atoms with Crippen LogP contribution in [0.15, 0.2) is 36.5 Å². The van der Waals surface area contributed by atoms with Crippen LogP contribution in [0.25, 0.3) is 17.1 Å². The predicted octanol–water partition coefficient (Wildman–Crippen LogP) is 1.22. The summed E-state index contributed by atoms with van der Waals surface area (Å²) in [6.45, 7) is 1.69. The van der Waals surface area contributed by atoms with Crippen molar-refractivity contribution in [1.29, 1.82) is 0 Å². The molecular formula is C19H21N3O5S. The summed E-state index contributed by atoms with van der Waals surface area (Å²) in [6.07, 6.45) is 4.60. The second kappa shape index (κ2) is 8.47. The van der Waals surface area contributed by atoms with Crippen molar-refractivity contribution < 1.29 is 22.7 Å². The Morgan fingerprint density at radius 2 is 2.04 bits per heavy atom. The molecule has 0 aliphatic carbocycles. The maximum absolute atomic E-state index is 12.3. The van der Waals surface area contributed by atoms with Crippen molar-refractivity contribution in [1.82, 2.24) is 14.9 Å². The van der Waals surface area contributed by atoms with Crippen LogP contribution in [0.4, 0.5) is 0 Å². The van der Waals surface area contributed by atoms with Crippen LogP contribution in [0.3, 0.4) is 0 Å². The summed E-state index contributed by atoms with van der Waals surface area (Å²) >= 11 is 0. The van der Waals surface area contributed by atoms with E-state index < -0.39 is 28.3 Å². The molecule has 3 rings (SSSR count). The number of fused-ring (bicyclic) bond motifs is 1. The van der Waals surface area contributed by atoms with Gasteiger partial charge in [-0.25, -0.2) is 18.2 Å². The lowest BCUT2D eigenvalue weighted by Gasteiger charge is -2.26. The number of amides is 1. The number of hydrogen-bond acceptors (Lipinski definition) is 7. The Morgan fingerprint density at radius 1 is 1.29 bits per heavy atom. The molecule has 0 N–H and O–H groups in total. The van der Waals surface area contributed by atoms with E-state index in [2.05, 4.69) is 9.97 Å². The second-order valence-corrected chi connectivity index (χ2v) is 8.69. The van der Waals surface area contributed by atoms with Crippen LogP contribution in [0, 0.1) is 0 Å². The van der Waals surface area contributed by atoms with Gasteiger partial charge in [0.05, 0.1) is 34.4 Å². The van der Waals surface area contributed by atoms with Crippen LogP contribution in [0.2, 0.25) is 0 Å². The maximum Gasteiger partial charge on any atom is 0.331 e. The molecule has 0 saturated carbocycles. The Balaban J connectivity index is 1.55. The number of benzene rings is 1. The van der Waals surface area contributed by atoms with Gasteiger partial charge in [0.15, 0.2) is 16.4 Å². The van der Waals surface area contributed by atoms with Crippen molar-refractivity contribution in [3.8, 4) is 0 Å². The third-order valence-corrected chi connectivity index (χ3v) is 6.26. The van der Waals surface area contributed by atoms with Crippen molar-refractivity contribution in [3.63, 3.8) is 0 Å². The molecule has 1 aromatic carbocycles. The van der Waals surface area contributed by atoms with Gasteiger partial charge in [-0.05, 0) is 31.6 Å². The summed E-state index contributed by atoms with van der Waals surface area (Å²) in [4.78, 5) is 34.3. The Bertz CT molecular complexity index is 1020. The molecule has 1 atom stereocenters. The lowest BCUT2D eigenvalue weighted by Crippen LogP contribution is -2.43. The molecule has 8 nitrogen and oxygen atoms in total. The lowest BCUT2D eigenvalue weighted by atomic mass is 10.2. The molecule has 1 aliphatic heterocycles. The van der Waals surface area contributed by atoms with E-state index in [-0.39, 0.29) is 17.5 Å². The molecule has 0 radical (unpaired) electrons. The highest BCUT2D eigenvalue weighted by Gasteiger charge is 2.34. The molecule has 1 amide bonds. The highest BCUT2D eigenvalue weighted by molar-refractivity contribution is 7.91. The largest absolute Gasteiger partial charge is 0.452 e. The fraction of sp³-hybridized carbons (Fsp3) is 0.368. The number of ether oxygens (including phenoxy) is 1. The number of carbonyl (C=O) groups is 2. The Kier molecular flexibility index (Phi) is 6.03. The zero-order valence-electron chi connectivity index (χ0n) is 15.4. The topological polar surface area (TPSA) is 107 Å². The number of carbonyl (C=O) groups excluding carboxylic acids is 2. The summed E-state index contributed by atoms with van der Waals surface area (Å²) in [5.41, 5.74) is 1.95. The van der Waals surface area contributed by atoms with Gasteiger partial charge in [0, 0.05) is 18.7 Å². The first-order valence-corrected chi connectivity index (χ1v) is 10.8. The Morgan fingerprint density at radius 3 is 2.71 bits per heavy atom. The number of sulfone groups is 1. The standard InChI is InChI=1S/C19H21N3O5S/c1-2-22(15-9-10-28(25,26)13-15)18(23)12-27-19(24)8-7-14-11-20-16-5-3-4-6-17(16)21-14/h3-8,11,15H,2,9-10,12-13H2,1H3/b8-7+/t15-/m1/s1. The SMILES string of the molecule is CCN(C(=O)COC(=O)/C=C/c1cnc2ccccc2n1)[C@@H]1CCS(=O)(=O)C1. The molecule has 148 valence electrons. The van der Waals surface area contributed by atoms with Gasteiger partial charge in [-0.15, -0.1) is 0 Å². The van der Waals surface area contributed by atoms with Gasteiger partial charge < -0.3 is 9.64 Å². The highest BCUT2D eigenvalue weighted by Crippen LogP contribution is 2.18. The molecule has 9 heteroatoms. The minimum Gasteiger partial charge on any atom is -0.452 e. The number of para-hydroxylation sites is 2. The first-order chi connectivity index (χ1) is 13.4. The smallest absolute Gasteiger partial charge is 0.331 e. The van der Waals surface area contributed by atoms with Crippen molar-refractivity contribution >= 4 is 38.8 Å². The number of nitrogens with zero attached hydrogens (tertiary/aromatic N) is 3.